The summed E-state index contributed by atoms with van der Waals surface area (Å²) >= 11 is 6.40. The number of allylic oxidation sites excluding steroid dienone is 1. The van der Waals surface area contributed by atoms with E-state index < -0.39 is 7.25 Å². The Morgan fingerprint density at radius 2 is 1.95 bits per heavy atom. The second-order valence-electron chi connectivity index (χ2n) is 3.66. The second kappa shape index (κ2) is 6.59. The smallest absolute Gasteiger partial charge is 0.418 e. The molecule has 1 aromatic carbocycles. The van der Waals surface area contributed by atoms with Crippen LogP contribution in [0.15, 0.2) is 30.9 Å². The number of halogens is 5. The van der Waals surface area contributed by atoms with E-state index in [0.717, 1.165) is 11.4 Å². The fourth-order valence-electron chi connectivity index (χ4n) is 1.55. The maximum atomic E-state index is 9.75. The summed E-state index contributed by atoms with van der Waals surface area (Å²) in [7, 11) is -3.87. The normalized spacial score (nSPS) is 11.1. The van der Waals surface area contributed by atoms with Crippen molar-refractivity contribution in [3.8, 4) is 0 Å². The molecule has 1 heterocycles. The maximum absolute atomic E-state index is 9.75. The second-order valence-corrected chi connectivity index (χ2v) is 6.56. The Kier molecular flexibility index (Phi) is 5.65. The molecule has 2 rings (SSSR count). The maximum Gasteiger partial charge on any atom is 0.673 e. The van der Waals surface area contributed by atoms with Crippen LogP contribution in [0.3, 0.4) is 0 Å². The van der Waals surface area contributed by atoms with Crippen molar-refractivity contribution in [2.24, 2.45) is 7.05 Å². The molecule has 2 aromatic rings. The summed E-state index contributed by atoms with van der Waals surface area (Å²) in [6.45, 7) is 3.78. The van der Waals surface area contributed by atoms with Crippen molar-refractivity contribution < 1.29 is 20.8 Å². The summed E-state index contributed by atoms with van der Waals surface area (Å²) in [6.07, 6.45) is 2.86. The first-order chi connectivity index (χ1) is 8.72. The molecule has 0 saturated heterocycles. The number of nitrogens with zero attached hydrogens (tertiary/aromatic N) is 1. The molecule has 0 aliphatic heterocycles. The molecule has 0 fully saturated rings. The number of aromatic nitrogens is 1. The first kappa shape index (κ1) is 16.3. The molecule has 8 heteroatoms. The van der Waals surface area contributed by atoms with Gasteiger partial charge in [0.2, 0.25) is 0 Å². The van der Waals surface area contributed by atoms with Crippen LogP contribution in [-0.2, 0) is 13.5 Å². The van der Waals surface area contributed by atoms with E-state index in [9.17, 15) is 17.3 Å². The third-order valence-corrected chi connectivity index (χ3v) is 4.64. The van der Waals surface area contributed by atoms with Crippen LogP contribution in [0.4, 0.5) is 17.3 Å². The van der Waals surface area contributed by atoms with Gasteiger partial charge in [-0.2, -0.15) is 0 Å². The summed E-state index contributed by atoms with van der Waals surface area (Å²) in [5.74, 6) is 0. The van der Waals surface area contributed by atoms with Gasteiger partial charge in [0.1, 0.15) is 0 Å². The molecule has 0 saturated carbocycles. The summed E-state index contributed by atoms with van der Waals surface area (Å²) < 4.78 is 42.7. The third kappa shape index (κ3) is 5.39. The zero-order valence-corrected chi connectivity index (χ0v) is 12.5. The minimum Gasteiger partial charge on any atom is -0.418 e. The summed E-state index contributed by atoms with van der Waals surface area (Å²) in [4.78, 5) is 0. The number of hydrogen-bond acceptors (Lipinski definition) is 0. The molecule has 1 nitrogen and oxygen atoms in total. The average molecular weight is 358 g/mol. The molecule has 0 aliphatic rings. The van der Waals surface area contributed by atoms with Crippen molar-refractivity contribution in [3.63, 3.8) is 0 Å². The zero-order chi connectivity index (χ0) is 14.6. The molecule has 0 bridgehead atoms. The summed E-state index contributed by atoms with van der Waals surface area (Å²) in [5.41, 5.74) is 1.34. The SMILES string of the molecule is C=CCc1c2cc(Cl)ccc2[se][n+]1C.F[B-](F)(F)F. The van der Waals surface area contributed by atoms with Gasteiger partial charge in [0.05, 0.1) is 0 Å². The topological polar surface area (TPSA) is 3.88 Å². The molecule has 0 spiro atoms. The quantitative estimate of drug-likeness (QED) is 0.440. The number of fused-ring (bicyclic) bond motifs is 1. The Bertz CT molecular complexity index is 576. The van der Waals surface area contributed by atoms with Crippen molar-refractivity contribution in [3.05, 3.63) is 41.6 Å². The minimum absolute atomic E-state index is 0.415. The van der Waals surface area contributed by atoms with Crippen molar-refractivity contribution in [1.29, 1.82) is 0 Å². The first-order valence-electron chi connectivity index (χ1n) is 5.28. The zero-order valence-electron chi connectivity index (χ0n) is 10.0. The molecule has 1 aromatic heterocycles. The largest absolute Gasteiger partial charge is 0.673 e. The molecule has 104 valence electrons. The van der Waals surface area contributed by atoms with Gasteiger partial charge in [-0.1, -0.05) is 0 Å². The molecule has 0 aliphatic carbocycles. The van der Waals surface area contributed by atoms with E-state index in [1.807, 2.05) is 12.1 Å². The average Bonchev–Trinajstić information content (AvgIpc) is 2.54. The van der Waals surface area contributed by atoms with E-state index in [4.69, 9.17) is 11.6 Å². The molecule has 0 radical (unpaired) electrons. The van der Waals surface area contributed by atoms with Gasteiger partial charge in [-0.05, 0) is 0 Å². The standard InChI is InChI=1S/C11H11ClNSe.BF4/c1-3-4-10-9-7-8(12)5-6-11(9)14-13(10)2;2-1(3,4)5/h3,5-7H,1,4H2,2H3;/q+1;-1. The Morgan fingerprint density at radius 1 is 1.37 bits per heavy atom. The van der Waals surface area contributed by atoms with Crippen molar-refractivity contribution >= 4 is 43.2 Å². The van der Waals surface area contributed by atoms with Crippen LogP contribution >= 0.6 is 11.6 Å². The minimum atomic E-state index is -6.00. The fraction of sp³-hybridized carbons (Fsp3) is 0.182. The Balaban J connectivity index is 0.000000312. The summed E-state index contributed by atoms with van der Waals surface area (Å²) in [6, 6.07) is 6.15. The monoisotopic (exact) mass is 359 g/mol. The predicted molar refractivity (Wildman–Crippen MR) is 71.2 cm³/mol. The fourth-order valence-corrected chi connectivity index (χ4v) is 3.79. The van der Waals surface area contributed by atoms with Crippen LogP contribution < -0.4 is 3.56 Å². The van der Waals surface area contributed by atoms with Crippen LogP contribution in [0.25, 0.3) is 9.65 Å². The van der Waals surface area contributed by atoms with Gasteiger partial charge in [0.25, 0.3) is 0 Å². The Labute approximate surface area is 119 Å². The first-order valence-corrected chi connectivity index (χ1v) is 7.28. The number of hydrogen-bond donors (Lipinski definition) is 0. The van der Waals surface area contributed by atoms with Crippen LogP contribution in [0.1, 0.15) is 5.69 Å². The summed E-state index contributed by atoms with van der Waals surface area (Å²) in [5, 5.41) is 2.12. The number of benzene rings is 1. The van der Waals surface area contributed by atoms with Gasteiger partial charge in [0.15, 0.2) is 0 Å². The Hall–Kier alpha value is -0.776. The van der Waals surface area contributed by atoms with E-state index >= 15 is 0 Å². The molecule has 0 unspecified atom stereocenters. The van der Waals surface area contributed by atoms with Crippen LogP contribution in [-0.4, -0.2) is 22.0 Å². The van der Waals surface area contributed by atoms with Gasteiger partial charge in [0, 0.05) is 0 Å². The van der Waals surface area contributed by atoms with Crippen LogP contribution in [0, 0.1) is 0 Å². The molecular weight excluding hydrogens is 347 g/mol. The van der Waals surface area contributed by atoms with Crippen molar-refractivity contribution in [2.45, 2.75) is 6.42 Å². The van der Waals surface area contributed by atoms with E-state index in [2.05, 4.69) is 29.3 Å². The van der Waals surface area contributed by atoms with Gasteiger partial charge in [-0.15, -0.1) is 0 Å². The third-order valence-electron chi connectivity index (χ3n) is 2.21. The van der Waals surface area contributed by atoms with E-state index in [-0.39, 0.29) is 0 Å². The molecule has 0 N–H and O–H groups in total. The van der Waals surface area contributed by atoms with Crippen LogP contribution in [0.5, 0.6) is 0 Å². The van der Waals surface area contributed by atoms with Crippen molar-refractivity contribution in [1.82, 2.24) is 0 Å². The number of rotatable bonds is 2. The molecular formula is C11H11BClF4NSe. The van der Waals surface area contributed by atoms with Crippen molar-refractivity contribution in [2.75, 3.05) is 0 Å². The van der Waals surface area contributed by atoms with Gasteiger partial charge < -0.3 is 17.3 Å². The number of aryl methyl sites for hydroxylation is 1. The van der Waals surface area contributed by atoms with Gasteiger partial charge >= 0.3 is 102 Å². The molecule has 0 atom stereocenters. The van der Waals surface area contributed by atoms with E-state index in [0.29, 0.717) is 14.7 Å². The van der Waals surface area contributed by atoms with E-state index in [1.54, 1.807) is 0 Å². The predicted octanol–water partition coefficient (Wildman–Crippen LogP) is 3.40. The van der Waals surface area contributed by atoms with Crippen LogP contribution in [0.2, 0.25) is 5.02 Å². The molecule has 19 heavy (non-hydrogen) atoms. The van der Waals surface area contributed by atoms with Gasteiger partial charge in [-0.3, -0.25) is 0 Å². The van der Waals surface area contributed by atoms with Gasteiger partial charge in [-0.25, -0.2) is 0 Å². The van der Waals surface area contributed by atoms with E-state index in [1.165, 1.54) is 15.3 Å². The molecule has 0 amide bonds. The Morgan fingerprint density at radius 3 is 2.47 bits per heavy atom.